The van der Waals surface area contributed by atoms with Crippen LogP contribution in [0.1, 0.15) is 36.2 Å². The Labute approximate surface area is 112 Å². The molecule has 4 heteroatoms. The molecule has 1 aromatic carbocycles. The Morgan fingerprint density at radius 1 is 1.26 bits per heavy atom. The standard InChI is InChI=1S/C15H18O4/c1-10(2)8-9-13(15(18)19-3)11-6-4-5-7-12(11)14(16)17/h4-7,9-10H,8H2,1-3H3,(H,16,17). The molecule has 0 heterocycles. The van der Waals surface area contributed by atoms with Crippen molar-refractivity contribution in [1.82, 2.24) is 0 Å². The lowest BCUT2D eigenvalue weighted by Gasteiger charge is -2.10. The van der Waals surface area contributed by atoms with Crippen molar-refractivity contribution in [3.63, 3.8) is 0 Å². The minimum atomic E-state index is -1.06. The van der Waals surface area contributed by atoms with Crippen LogP contribution in [0.3, 0.4) is 0 Å². The second-order valence-corrected chi connectivity index (χ2v) is 4.59. The molecule has 1 N–H and O–H groups in total. The van der Waals surface area contributed by atoms with Crippen LogP contribution >= 0.6 is 0 Å². The first-order valence-electron chi connectivity index (χ1n) is 6.08. The third kappa shape index (κ3) is 3.95. The Bertz CT molecular complexity index is 501. The molecule has 0 bridgehead atoms. The van der Waals surface area contributed by atoms with Gasteiger partial charge in [-0.3, -0.25) is 0 Å². The maximum Gasteiger partial charge on any atom is 0.338 e. The predicted molar refractivity (Wildman–Crippen MR) is 72.8 cm³/mol. The lowest BCUT2D eigenvalue weighted by atomic mass is 9.97. The van der Waals surface area contributed by atoms with Crippen LogP contribution in [0.5, 0.6) is 0 Å². The summed E-state index contributed by atoms with van der Waals surface area (Å²) in [7, 11) is 1.29. The van der Waals surface area contributed by atoms with Gasteiger partial charge in [0, 0.05) is 5.56 Å². The van der Waals surface area contributed by atoms with Crippen molar-refractivity contribution < 1.29 is 19.4 Å². The van der Waals surface area contributed by atoms with Crippen LogP contribution in [0, 0.1) is 5.92 Å². The van der Waals surface area contributed by atoms with Crippen molar-refractivity contribution in [1.29, 1.82) is 0 Å². The molecule has 102 valence electrons. The van der Waals surface area contributed by atoms with E-state index in [4.69, 9.17) is 9.84 Å². The topological polar surface area (TPSA) is 63.6 Å². The van der Waals surface area contributed by atoms with E-state index in [1.54, 1.807) is 24.3 Å². The van der Waals surface area contributed by atoms with Gasteiger partial charge >= 0.3 is 11.9 Å². The van der Waals surface area contributed by atoms with Gasteiger partial charge < -0.3 is 9.84 Å². The van der Waals surface area contributed by atoms with Crippen molar-refractivity contribution >= 4 is 17.5 Å². The van der Waals surface area contributed by atoms with Gasteiger partial charge in [0.2, 0.25) is 0 Å². The Kier molecular flexibility index (Phi) is 5.30. The zero-order chi connectivity index (χ0) is 14.4. The number of benzene rings is 1. The largest absolute Gasteiger partial charge is 0.478 e. The summed E-state index contributed by atoms with van der Waals surface area (Å²) in [5, 5.41) is 9.17. The highest BCUT2D eigenvalue weighted by molar-refractivity contribution is 6.18. The third-order valence-corrected chi connectivity index (χ3v) is 2.65. The summed E-state index contributed by atoms with van der Waals surface area (Å²) < 4.78 is 4.73. The lowest BCUT2D eigenvalue weighted by Crippen LogP contribution is -2.09. The van der Waals surface area contributed by atoms with E-state index < -0.39 is 11.9 Å². The minimum absolute atomic E-state index is 0.0999. The molecule has 0 spiro atoms. The molecule has 0 unspecified atom stereocenters. The number of esters is 1. The van der Waals surface area contributed by atoms with Crippen LogP contribution in [-0.2, 0) is 9.53 Å². The van der Waals surface area contributed by atoms with Crippen LogP contribution in [0.2, 0.25) is 0 Å². The number of aromatic carboxylic acids is 1. The Morgan fingerprint density at radius 3 is 2.32 bits per heavy atom. The highest BCUT2D eigenvalue weighted by Gasteiger charge is 2.18. The molecular formula is C15H18O4. The summed E-state index contributed by atoms with van der Waals surface area (Å²) >= 11 is 0. The molecule has 0 aromatic heterocycles. The molecule has 1 rings (SSSR count). The van der Waals surface area contributed by atoms with Crippen LogP contribution in [0.15, 0.2) is 30.3 Å². The number of carbonyl (C=O) groups is 2. The highest BCUT2D eigenvalue weighted by Crippen LogP contribution is 2.22. The van der Waals surface area contributed by atoms with E-state index in [1.165, 1.54) is 13.2 Å². The molecule has 0 fully saturated rings. The molecular weight excluding hydrogens is 244 g/mol. The van der Waals surface area contributed by atoms with Crippen molar-refractivity contribution in [2.24, 2.45) is 5.92 Å². The van der Waals surface area contributed by atoms with Crippen LogP contribution < -0.4 is 0 Å². The number of hydrogen-bond donors (Lipinski definition) is 1. The zero-order valence-corrected chi connectivity index (χ0v) is 11.3. The molecule has 0 amide bonds. The summed E-state index contributed by atoms with van der Waals surface area (Å²) in [6.07, 6.45) is 2.41. The van der Waals surface area contributed by atoms with E-state index in [9.17, 15) is 9.59 Å². The van der Waals surface area contributed by atoms with E-state index >= 15 is 0 Å². The van der Waals surface area contributed by atoms with Crippen LogP contribution in [0.25, 0.3) is 5.57 Å². The van der Waals surface area contributed by atoms with Gasteiger partial charge in [0.25, 0.3) is 0 Å². The molecule has 19 heavy (non-hydrogen) atoms. The third-order valence-electron chi connectivity index (χ3n) is 2.65. The number of carboxylic acid groups (broad SMARTS) is 1. The van der Waals surface area contributed by atoms with Crippen molar-refractivity contribution in [3.8, 4) is 0 Å². The van der Waals surface area contributed by atoms with Gasteiger partial charge in [-0.25, -0.2) is 9.59 Å². The van der Waals surface area contributed by atoms with Gasteiger partial charge in [0.1, 0.15) is 0 Å². The minimum Gasteiger partial charge on any atom is -0.478 e. The number of carbonyl (C=O) groups excluding carboxylic acids is 1. The maximum atomic E-state index is 11.8. The van der Waals surface area contributed by atoms with E-state index in [0.29, 0.717) is 23.5 Å². The first kappa shape index (κ1) is 15.0. The number of methoxy groups -OCH3 is 1. The Balaban J connectivity index is 3.29. The van der Waals surface area contributed by atoms with Gasteiger partial charge in [0.05, 0.1) is 18.2 Å². The Morgan fingerprint density at radius 2 is 1.84 bits per heavy atom. The van der Waals surface area contributed by atoms with Gasteiger partial charge in [-0.1, -0.05) is 38.1 Å². The van der Waals surface area contributed by atoms with E-state index in [1.807, 2.05) is 13.8 Å². The van der Waals surface area contributed by atoms with Crippen LogP contribution in [0.4, 0.5) is 0 Å². The van der Waals surface area contributed by atoms with Crippen molar-refractivity contribution in [2.45, 2.75) is 20.3 Å². The molecule has 0 radical (unpaired) electrons. The molecule has 0 aliphatic heterocycles. The Hall–Kier alpha value is -2.10. The van der Waals surface area contributed by atoms with Gasteiger partial charge in [-0.15, -0.1) is 0 Å². The lowest BCUT2D eigenvalue weighted by molar-refractivity contribution is -0.133. The van der Waals surface area contributed by atoms with Crippen molar-refractivity contribution in [2.75, 3.05) is 7.11 Å². The first-order valence-corrected chi connectivity index (χ1v) is 6.08. The zero-order valence-electron chi connectivity index (χ0n) is 11.3. The first-order chi connectivity index (χ1) is 8.97. The summed E-state index contributed by atoms with van der Waals surface area (Å²) in [6, 6.07) is 6.43. The highest BCUT2D eigenvalue weighted by atomic mass is 16.5. The second-order valence-electron chi connectivity index (χ2n) is 4.59. The van der Waals surface area contributed by atoms with E-state index in [-0.39, 0.29) is 5.56 Å². The van der Waals surface area contributed by atoms with Gasteiger partial charge in [-0.2, -0.15) is 0 Å². The molecule has 0 saturated carbocycles. The van der Waals surface area contributed by atoms with Crippen LogP contribution in [-0.4, -0.2) is 24.2 Å². The number of hydrogen-bond acceptors (Lipinski definition) is 3. The SMILES string of the molecule is COC(=O)C(=CCC(C)C)c1ccccc1C(=O)O. The van der Waals surface area contributed by atoms with Crippen molar-refractivity contribution in [3.05, 3.63) is 41.5 Å². The fourth-order valence-corrected chi connectivity index (χ4v) is 1.67. The molecule has 0 aliphatic rings. The number of allylic oxidation sites excluding steroid dienone is 1. The summed E-state index contributed by atoms with van der Waals surface area (Å²) in [4.78, 5) is 23.0. The van der Waals surface area contributed by atoms with E-state index in [0.717, 1.165) is 0 Å². The fraction of sp³-hybridized carbons (Fsp3) is 0.333. The average molecular weight is 262 g/mol. The smallest absolute Gasteiger partial charge is 0.338 e. The molecule has 1 aromatic rings. The van der Waals surface area contributed by atoms with Gasteiger partial charge in [0.15, 0.2) is 0 Å². The number of ether oxygens (including phenoxy) is 1. The summed E-state index contributed by atoms with van der Waals surface area (Å²) in [6.45, 7) is 4.04. The fourth-order valence-electron chi connectivity index (χ4n) is 1.67. The second kappa shape index (κ2) is 6.73. The maximum absolute atomic E-state index is 11.8. The molecule has 0 atom stereocenters. The quantitative estimate of drug-likeness (QED) is 0.654. The molecule has 0 aliphatic carbocycles. The van der Waals surface area contributed by atoms with Gasteiger partial charge in [-0.05, 0) is 18.4 Å². The normalized spacial score (nSPS) is 11.5. The predicted octanol–water partition coefficient (Wildman–Crippen LogP) is 2.99. The van der Waals surface area contributed by atoms with E-state index in [2.05, 4.69) is 0 Å². The molecule has 4 nitrogen and oxygen atoms in total. The average Bonchev–Trinajstić information content (AvgIpc) is 2.38. The monoisotopic (exact) mass is 262 g/mol. The number of rotatable bonds is 5. The summed E-state index contributed by atoms with van der Waals surface area (Å²) in [5.74, 6) is -1.21. The molecule has 0 saturated heterocycles. The number of carboxylic acids is 1. The summed E-state index contributed by atoms with van der Waals surface area (Å²) in [5.41, 5.74) is 0.791.